The molecule has 1 amide bonds. The zero-order chi connectivity index (χ0) is 15.8. The fourth-order valence-corrected chi connectivity index (χ4v) is 2.81. The van der Waals surface area contributed by atoms with Gasteiger partial charge in [-0.05, 0) is 37.8 Å². The van der Waals surface area contributed by atoms with Crippen LogP contribution in [0.2, 0.25) is 0 Å². The Hall–Kier alpha value is -1.75. The van der Waals surface area contributed by atoms with Gasteiger partial charge in [0.1, 0.15) is 0 Å². The molecule has 1 aliphatic rings. The van der Waals surface area contributed by atoms with Crippen molar-refractivity contribution >= 4 is 11.6 Å². The monoisotopic (exact) mass is 303 g/mol. The molecule has 1 aromatic rings. The van der Waals surface area contributed by atoms with E-state index in [4.69, 9.17) is 4.74 Å². The largest absolute Gasteiger partial charge is 0.381 e. The second-order valence-corrected chi connectivity index (χ2v) is 5.87. The Kier molecular flexibility index (Phi) is 6.52. The molecule has 0 radical (unpaired) electrons. The molecule has 1 saturated carbocycles. The van der Waals surface area contributed by atoms with Crippen LogP contribution >= 0.6 is 0 Å². The van der Waals surface area contributed by atoms with E-state index in [9.17, 15) is 4.79 Å². The maximum Gasteiger partial charge on any atom is 0.271 e. The van der Waals surface area contributed by atoms with Crippen LogP contribution in [-0.2, 0) is 4.74 Å². The smallest absolute Gasteiger partial charge is 0.271 e. The van der Waals surface area contributed by atoms with E-state index in [1.54, 1.807) is 31.6 Å². The first-order valence-electron chi connectivity index (χ1n) is 8.00. The average Bonchev–Trinajstić information content (AvgIpc) is 2.59. The van der Waals surface area contributed by atoms with Crippen molar-refractivity contribution in [3.05, 3.63) is 30.1 Å². The number of hydrogen-bond donors (Lipinski definition) is 1. The van der Waals surface area contributed by atoms with Crippen LogP contribution in [0.25, 0.3) is 0 Å². The minimum absolute atomic E-state index is 0.110. The molecule has 1 aromatic heterocycles. The maximum absolute atomic E-state index is 12.1. The van der Waals surface area contributed by atoms with Crippen LogP contribution in [0.15, 0.2) is 29.6 Å². The van der Waals surface area contributed by atoms with Crippen molar-refractivity contribution in [3.8, 4) is 0 Å². The number of ether oxygens (including phenoxy) is 1. The number of hydrazone groups is 1. The number of carbonyl (C=O) groups is 1. The van der Waals surface area contributed by atoms with E-state index in [-0.39, 0.29) is 12.0 Å². The number of hydrogen-bond acceptors (Lipinski definition) is 4. The molecule has 0 aliphatic heterocycles. The Balaban J connectivity index is 2.04. The molecule has 5 nitrogen and oxygen atoms in total. The van der Waals surface area contributed by atoms with E-state index in [1.165, 1.54) is 19.3 Å². The highest BCUT2D eigenvalue weighted by Crippen LogP contribution is 2.26. The number of nitrogens with zero attached hydrogens (tertiary/aromatic N) is 2. The van der Waals surface area contributed by atoms with Gasteiger partial charge in [-0.2, -0.15) is 5.10 Å². The highest BCUT2D eigenvalue weighted by Gasteiger charge is 2.21. The van der Waals surface area contributed by atoms with E-state index >= 15 is 0 Å². The first kappa shape index (κ1) is 16.6. The Morgan fingerprint density at radius 2 is 2.05 bits per heavy atom. The van der Waals surface area contributed by atoms with Gasteiger partial charge >= 0.3 is 0 Å². The first-order valence-corrected chi connectivity index (χ1v) is 8.00. The molecule has 2 rings (SSSR count). The van der Waals surface area contributed by atoms with Crippen molar-refractivity contribution in [2.75, 3.05) is 7.11 Å². The topological polar surface area (TPSA) is 63.6 Å². The Morgan fingerprint density at radius 1 is 1.36 bits per heavy atom. The van der Waals surface area contributed by atoms with Crippen LogP contribution in [0.3, 0.4) is 0 Å². The van der Waals surface area contributed by atoms with Gasteiger partial charge in [-0.1, -0.05) is 19.3 Å². The van der Waals surface area contributed by atoms with E-state index in [0.717, 1.165) is 25.0 Å². The molecule has 5 heteroatoms. The van der Waals surface area contributed by atoms with Gasteiger partial charge in [0.2, 0.25) is 0 Å². The molecular weight excluding hydrogens is 278 g/mol. The minimum atomic E-state index is -0.194. The van der Waals surface area contributed by atoms with Crippen LogP contribution in [0.4, 0.5) is 0 Å². The number of methoxy groups -OCH3 is 1. The van der Waals surface area contributed by atoms with Crippen molar-refractivity contribution in [1.29, 1.82) is 0 Å². The van der Waals surface area contributed by atoms with Gasteiger partial charge in [0.25, 0.3) is 5.91 Å². The molecular formula is C17H25N3O2. The predicted octanol–water partition coefficient (Wildman–Crippen LogP) is 3.17. The molecule has 0 bridgehead atoms. The van der Waals surface area contributed by atoms with Crippen LogP contribution in [0.5, 0.6) is 0 Å². The molecule has 1 N–H and O–H groups in total. The van der Waals surface area contributed by atoms with Crippen molar-refractivity contribution in [2.24, 2.45) is 11.0 Å². The van der Waals surface area contributed by atoms with Crippen molar-refractivity contribution in [3.63, 3.8) is 0 Å². The molecule has 120 valence electrons. The maximum atomic E-state index is 12.1. The second kappa shape index (κ2) is 8.63. The highest BCUT2D eigenvalue weighted by atomic mass is 16.5. The summed E-state index contributed by atoms with van der Waals surface area (Å²) in [4.78, 5) is 16.0. The molecule has 1 fully saturated rings. The van der Waals surface area contributed by atoms with E-state index < -0.39 is 0 Å². The zero-order valence-corrected chi connectivity index (χ0v) is 13.4. The first-order chi connectivity index (χ1) is 10.7. The fraction of sp³-hybridized carbons (Fsp3) is 0.588. The third kappa shape index (κ3) is 4.91. The second-order valence-electron chi connectivity index (χ2n) is 5.87. The number of pyridine rings is 1. The van der Waals surface area contributed by atoms with Gasteiger partial charge in [0.15, 0.2) is 0 Å². The Bertz CT molecular complexity index is 496. The Labute approximate surface area is 132 Å². The van der Waals surface area contributed by atoms with Crippen molar-refractivity contribution in [1.82, 2.24) is 10.4 Å². The zero-order valence-electron chi connectivity index (χ0n) is 13.4. The summed E-state index contributed by atoms with van der Waals surface area (Å²) in [5.41, 5.74) is 4.31. The van der Waals surface area contributed by atoms with E-state index in [0.29, 0.717) is 11.5 Å². The summed E-state index contributed by atoms with van der Waals surface area (Å²) >= 11 is 0. The number of aromatic nitrogens is 1. The summed E-state index contributed by atoms with van der Waals surface area (Å²) in [6.07, 6.45) is 10.2. The van der Waals surface area contributed by atoms with Crippen molar-refractivity contribution in [2.45, 2.75) is 51.6 Å². The van der Waals surface area contributed by atoms with Crippen LogP contribution in [0.1, 0.15) is 55.8 Å². The number of rotatable bonds is 6. The average molecular weight is 303 g/mol. The minimum Gasteiger partial charge on any atom is -0.381 e. The number of amides is 1. The third-order valence-electron chi connectivity index (χ3n) is 4.22. The van der Waals surface area contributed by atoms with Gasteiger partial charge in [-0.15, -0.1) is 0 Å². The van der Waals surface area contributed by atoms with Gasteiger partial charge in [0.05, 0.1) is 6.10 Å². The van der Waals surface area contributed by atoms with E-state index in [2.05, 4.69) is 15.5 Å². The van der Waals surface area contributed by atoms with E-state index in [1.807, 2.05) is 6.92 Å². The van der Waals surface area contributed by atoms with Crippen LogP contribution < -0.4 is 5.43 Å². The van der Waals surface area contributed by atoms with Crippen LogP contribution in [0, 0.1) is 5.92 Å². The lowest BCUT2D eigenvalue weighted by molar-refractivity contribution is 0.0952. The summed E-state index contributed by atoms with van der Waals surface area (Å²) in [7, 11) is 1.71. The summed E-state index contributed by atoms with van der Waals surface area (Å²) in [5, 5.41) is 4.43. The molecule has 0 unspecified atom stereocenters. The molecule has 1 atom stereocenters. The number of carbonyl (C=O) groups excluding carboxylic acids is 1. The molecule has 0 aromatic carbocycles. The molecule has 0 saturated heterocycles. The van der Waals surface area contributed by atoms with Gasteiger partial charge in [-0.25, -0.2) is 5.43 Å². The van der Waals surface area contributed by atoms with Crippen LogP contribution in [-0.4, -0.2) is 29.8 Å². The molecule has 22 heavy (non-hydrogen) atoms. The number of nitrogens with one attached hydrogen (secondary N) is 1. The predicted molar refractivity (Wildman–Crippen MR) is 86.8 cm³/mol. The summed E-state index contributed by atoms with van der Waals surface area (Å²) in [6.45, 7) is 2.03. The fourth-order valence-electron chi connectivity index (χ4n) is 2.81. The molecule has 1 aliphatic carbocycles. The SMILES string of the molecule is CO[C@H](C)C/C(=N/NC(=O)c1ccncc1)C1CCCCC1. The third-order valence-corrected chi connectivity index (χ3v) is 4.22. The highest BCUT2D eigenvalue weighted by molar-refractivity contribution is 5.95. The summed E-state index contributed by atoms with van der Waals surface area (Å²) in [6, 6.07) is 3.37. The van der Waals surface area contributed by atoms with Gasteiger partial charge in [-0.3, -0.25) is 9.78 Å². The lowest BCUT2D eigenvalue weighted by Crippen LogP contribution is -2.27. The summed E-state index contributed by atoms with van der Waals surface area (Å²) < 4.78 is 5.36. The van der Waals surface area contributed by atoms with Gasteiger partial charge in [0, 0.05) is 37.2 Å². The molecule has 1 heterocycles. The quantitative estimate of drug-likeness (QED) is 0.648. The summed E-state index contributed by atoms with van der Waals surface area (Å²) in [5.74, 6) is 0.268. The van der Waals surface area contributed by atoms with Crippen molar-refractivity contribution < 1.29 is 9.53 Å². The lowest BCUT2D eigenvalue weighted by Gasteiger charge is -2.24. The lowest BCUT2D eigenvalue weighted by atomic mass is 9.84. The Morgan fingerprint density at radius 3 is 2.68 bits per heavy atom. The standard InChI is InChI=1S/C17H25N3O2/c1-13(22-2)12-16(14-6-4-3-5-7-14)19-20-17(21)15-8-10-18-11-9-15/h8-11,13-14H,3-7,12H2,1-2H3,(H,20,21)/b19-16-/t13-/m1/s1. The van der Waals surface area contributed by atoms with Gasteiger partial charge < -0.3 is 4.74 Å². The molecule has 0 spiro atoms. The normalized spacial score (nSPS) is 18.0.